The van der Waals surface area contributed by atoms with Gasteiger partial charge in [0.15, 0.2) is 5.78 Å². The lowest BCUT2D eigenvalue weighted by Gasteiger charge is -2.05. The second-order valence-corrected chi connectivity index (χ2v) is 7.22. The number of carbonyl (C=O) groups excluding carboxylic acids is 1. The molecule has 0 heterocycles. The van der Waals surface area contributed by atoms with Gasteiger partial charge in [-0.1, -0.05) is 96.5 Å². The van der Waals surface area contributed by atoms with Crippen molar-refractivity contribution in [3.05, 3.63) is 125 Å². The van der Waals surface area contributed by atoms with Crippen LogP contribution in [0.25, 0.3) is 28.3 Å². The normalized spacial score (nSPS) is 10.9. The van der Waals surface area contributed by atoms with E-state index < -0.39 is 0 Å². The summed E-state index contributed by atoms with van der Waals surface area (Å²) >= 11 is 6.27. The molecule has 0 radical (unpaired) electrons. The molecule has 0 aliphatic rings. The van der Waals surface area contributed by atoms with Crippen molar-refractivity contribution in [2.75, 3.05) is 0 Å². The van der Waals surface area contributed by atoms with Crippen LogP contribution in [0.15, 0.2) is 109 Å². The lowest BCUT2D eigenvalue weighted by Crippen LogP contribution is -1.95. The van der Waals surface area contributed by atoms with Crippen LogP contribution >= 0.6 is 11.6 Å². The fraction of sp³-hybridized carbons (Fsp3) is 0. The Kier molecular flexibility index (Phi) is 5.69. The fourth-order valence-corrected chi connectivity index (χ4v) is 3.48. The molecule has 140 valence electrons. The van der Waals surface area contributed by atoms with Crippen LogP contribution in [0, 0.1) is 0 Å². The monoisotopic (exact) mass is 394 g/mol. The summed E-state index contributed by atoms with van der Waals surface area (Å²) in [4.78, 5) is 12.8. The molecule has 0 saturated heterocycles. The minimum Gasteiger partial charge on any atom is -0.289 e. The minimum absolute atomic E-state index is 0.0743. The van der Waals surface area contributed by atoms with Gasteiger partial charge in [-0.3, -0.25) is 4.79 Å². The fourth-order valence-electron chi connectivity index (χ4n) is 3.25. The van der Waals surface area contributed by atoms with Gasteiger partial charge in [-0.2, -0.15) is 0 Å². The molecule has 4 aromatic carbocycles. The molecule has 0 unspecified atom stereocenters. The highest BCUT2D eigenvalue weighted by atomic mass is 35.5. The Morgan fingerprint density at radius 1 is 0.621 bits per heavy atom. The number of hydrogen-bond acceptors (Lipinski definition) is 1. The van der Waals surface area contributed by atoms with E-state index in [1.54, 1.807) is 12.1 Å². The third kappa shape index (κ3) is 4.71. The quantitative estimate of drug-likeness (QED) is 0.252. The van der Waals surface area contributed by atoms with Gasteiger partial charge in [-0.05, 0) is 58.2 Å². The maximum Gasteiger partial charge on any atom is 0.185 e. The highest BCUT2D eigenvalue weighted by Gasteiger charge is 2.07. The van der Waals surface area contributed by atoms with Crippen LogP contribution in [0.1, 0.15) is 15.9 Å². The zero-order valence-electron chi connectivity index (χ0n) is 15.8. The first kappa shape index (κ1) is 18.9. The van der Waals surface area contributed by atoms with E-state index in [1.807, 2.05) is 78.9 Å². The first-order chi connectivity index (χ1) is 14.2. The average Bonchev–Trinajstić information content (AvgIpc) is 2.78. The largest absolute Gasteiger partial charge is 0.289 e. The molecule has 0 amide bonds. The van der Waals surface area contributed by atoms with Crippen molar-refractivity contribution in [3.8, 4) is 22.3 Å². The van der Waals surface area contributed by atoms with Gasteiger partial charge < -0.3 is 0 Å². The summed E-state index contributed by atoms with van der Waals surface area (Å²) in [6.45, 7) is 0. The lowest BCUT2D eigenvalue weighted by molar-refractivity contribution is 0.104. The number of carbonyl (C=O) groups is 1. The summed E-state index contributed by atoms with van der Waals surface area (Å²) in [6.07, 6.45) is 3.45. The van der Waals surface area contributed by atoms with Crippen LogP contribution in [-0.4, -0.2) is 5.78 Å². The molecule has 29 heavy (non-hydrogen) atoms. The Labute approximate surface area is 175 Å². The SMILES string of the molecule is O=C(/C=C/c1cccc(-c2ccccc2)c1)c1cc(Cl)cc(-c2ccccc2)c1. The molecule has 0 saturated carbocycles. The predicted octanol–water partition coefficient (Wildman–Crippen LogP) is 7.57. The highest BCUT2D eigenvalue weighted by Crippen LogP contribution is 2.25. The van der Waals surface area contributed by atoms with E-state index in [1.165, 1.54) is 0 Å². The molecule has 4 rings (SSSR count). The molecule has 0 atom stereocenters. The van der Waals surface area contributed by atoms with Gasteiger partial charge in [0.1, 0.15) is 0 Å². The van der Waals surface area contributed by atoms with Crippen molar-refractivity contribution >= 4 is 23.5 Å². The van der Waals surface area contributed by atoms with Crippen molar-refractivity contribution in [2.45, 2.75) is 0 Å². The first-order valence-corrected chi connectivity index (χ1v) is 9.81. The molecule has 4 aromatic rings. The van der Waals surface area contributed by atoms with Gasteiger partial charge >= 0.3 is 0 Å². The van der Waals surface area contributed by atoms with Crippen LogP contribution < -0.4 is 0 Å². The van der Waals surface area contributed by atoms with Crippen molar-refractivity contribution in [1.29, 1.82) is 0 Å². The number of allylic oxidation sites excluding steroid dienone is 1. The van der Waals surface area contributed by atoms with E-state index in [2.05, 4.69) is 24.3 Å². The average molecular weight is 395 g/mol. The molecular formula is C27H19ClO. The van der Waals surface area contributed by atoms with Crippen molar-refractivity contribution in [1.82, 2.24) is 0 Å². The molecule has 0 spiro atoms. The second-order valence-electron chi connectivity index (χ2n) is 6.78. The molecular weight excluding hydrogens is 376 g/mol. The van der Waals surface area contributed by atoms with Crippen LogP contribution in [-0.2, 0) is 0 Å². The van der Waals surface area contributed by atoms with Crippen molar-refractivity contribution < 1.29 is 4.79 Å². The summed E-state index contributed by atoms with van der Waals surface area (Å²) < 4.78 is 0. The highest BCUT2D eigenvalue weighted by molar-refractivity contribution is 6.31. The maximum absolute atomic E-state index is 12.8. The number of hydrogen-bond donors (Lipinski definition) is 0. The molecule has 2 heteroatoms. The van der Waals surface area contributed by atoms with Crippen molar-refractivity contribution in [2.24, 2.45) is 0 Å². The number of ketones is 1. The Hall–Kier alpha value is -3.42. The molecule has 1 nitrogen and oxygen atoms in total. The Balaban J connectivity index is 1.59. The molecule has 0 aliphatic heterocycles. The van der Waals surface area contributed by atoms with Gasteiger partial charge in [-0.15, -0.1) is 0 Å². The van der Waals surface area contributed by atoms with Gasteiger partial charge in [0, 0.05) is 10.6 Å². The first-order valence-electron chi connectivity index (χ1n) is 9.43. The smallest absolute Gasteiger partial charge is 0.185 e. The third-order valence-corrected chi connectivity index (χ3v) is 4.93. The summed E-state index contributed by atoms with van der Waals surface area (Å²) in [6, 6.07) is 33.7. The van der Waals surface area contributed by atoms with E-state index >= 15 is 0 Å². The Bertz CT molecular complexity index is 1160. The molecule has 0 bridgehead atoms. The summed E-state index contributed by atoms with van der Waals surface area (Å²) in [5.74, 6) is -0.0743. The Morgan fingerprint density at radius 3 is 1.93 bits per heavy atom. The number of halogens is 1. The maximum atomic E-state index is 12.8. The minimum atomic E-state index is -0.0743. The Morgan fingerprint density at radius 2 is 1.24 bits per heavy atom. The predicted molar refractivity (Wildman–Crippen MR) is 122 cm³/mol. The van der Waals surface area contributed by atoms with Crippen LogP contribution in [0.5, 0.6) is 0 Å². The molecule has 0 fully saturated rings. The van der Waals surface area contributed by atoms with E-state index in [-0.39, 0.29) is 5.78 Å². The lowest BCUT2D eigenvalue weighted by atomic mass is 10.00. The van der Waals surface area contributed by atoms with Gasteiger partial charge in [0.2, 0.25) is 0 Å². The number of rotatable bonds is 5. The summed E-state index contributed by atoms with van der Waals surface area (Å²) in [7, 11) is 0. The topological polar surface area (TPSA) is 17.1 Å². The van der Waals surface area contributed by atoms with E-state index in [4.69, 9.17) is 11.6 Å². The molecule has 0 aromatic heterocycles. The summed E-state index contributed by atoms with van der Waals surface area (Å²) in [5.41, 5.74) is 5.78. The van der Waals surface area contributed by atoms with E-state index in [9.17, 15) is 4.79 Å². The van der Waals surface area contributed by atoms with Gasteiger partial charge in [-0.25, -0.2) is 0 Å². The zero-order valence-corrected chi connectivity index (χ0v) is 16.5. The van der Waals surface area contributed by atoms with Gasteiger partial charge in [0.25, 0.3) is 0 Å². The second kappa shape index (κ2) is 8.72. The molecule has 0 aliphatic carbocycles. The third-order valence-electron chi connectivity index (χ3n) is 4.71. The van der Waals surface area contributed by atoms with E-state index in [0.29, 0.717) is 10.6 Å². The van der Waals surface area contributed by atoms with Gasteiger partial charge in [0.05, 0.1) is 0 Å². The number of benzene rings is 4. The van der Waals surface area contributed by atoms with Crippen LogP contribution in [0.3, 0.4) is 0 Å². The van der Waals surface area contributed by atoms with Crippen LogP contribution in [0.4, 0.5) is 0 Å². The van der Waals surface area contributed by atoms with Crippen LogP contribution in [0.2, 0.25) is 5.02 Å². The van der Waals surface area contributed by atoms with Crippen molar-refractivity contribution in [3.63, 3.8) is 0 Å². The molecule has 0 N–H and O–H groups in total. The van der Waals surface area contributed by atoms with E-state index in [0.717, 1.165) is 27.8 Å². The summed E-state index contributed by atoms with van der Waals surface area (Å²) in [5, 5.41) is 0.550. The standard InChI is InChI=1S/C27H19ClO/c28-26-18-24(22-11-5-2-6-12-22)17-25(19-26)27(29)15-14-20-8-7-13-23(16-20)21-9-3-1-4-10-21/h1-19H/b15-14+. The zero-order chi connectivity index (χ0) is 20.1.